The van der Waals surface area contributed by atoms with Gasteiger partial charge in [-0.3, -0.25) is 14.4 Å². The number of unbranched alkanes of at least 4 members (excludes halogenated alkanes) is 45. The molecular weight excluding hydrogens is 901 g/mol. The molecule has 0 heterocycles. The van der Waals surface area contributed by atoms with Crippen LogP contribution in [0.4, 0.5) is 0 Å². The first-order valence-electron chi connectivity index (χ1n) is 33.3. The van der Waals surface area contributed by atoms with Crippen LogP contribution in [-0.2, 0) is 28.6 Å². The van der Waals surface area contributed by atoms with Crippen LogP contribution in [0.3, 0.4) is 0 Å². The van der Waals surface area contributed by atoms with Crippen molar-refractivity contribution in [1.82, 2.24) is 0 Å². The third-order valence-electron chi connectivity index (χ3n) is 15.8. The molecule has 434 valence electrons. The predicted octanol–water partition coefficient (Wildman–Crippen LogP) is 22.4. The summed E-state index contributed by atoms with van der Waals surface area (Å²) in [6.07, 6.45) is 66.7. The second-order valence-corrected chi connectivity index (χ2v) is 23.8. The van der Waals surface area contributed by atoms with Gasteiger partial charge in [-0.15, -0.1) is 0 Å². The zero-order valence-corrected chi connectivity index (χ0v) is 50.3. The summed E-state index contributed by atoms with van der Waals surface area (Å²) in [4.78, 5) is 38.4. The lowest BCUT2D eigenvalue weighted by Crippen LogP contribution is -2.30. The van der Waals surface area contributed by atoms with E-state index in [1.54, 1.807) is 0 Å². The Bertz CT molecular complexity index is 1120. The molecule has 0 aliphatic heterocycles. The van der Waals surface area contributed by atoms with Gasteiger partial charge in [0.2, 0.25) is 0 Å². The van der Waals surface area contributed by atoms with Gasteiger partial charge in [0.15, 0.2) is 6.10 Å². The smallest absolute Gasteiger partial charge is 0.306 e. The van der Waals surface area contributed by atoms with Crippen LogP contribution in [0.25, 0.3) is 0 Å². The van der Waals surface area contributed by atoms with Crippen LogP contribution in [0.2, 0.25) is 0 Å². The lowest BCUT2D eigenvalue weighted by atomic mass is 9.99. The number of hydrogen-bond donors (Lipinski definition) is 0. The molecule has 0 N–H and O–H groups in total. The Hall–Kier alpha value is -1.59. The molecular formula is C67H130O6. The maximum absolute atomic E-state index is 12.9. The monoisotopic (exact) mass is 1030 g/mol. The Balaban J connectivity index is 4.29. The van der Waals surface area contributed by atoms with Gasteiger partial charge in [0.05, 0.1) is 0 Å². The second kappa shape index (κ2) is 59.7. The fraction of sp³-hybridized carbons (Fsp3) is 0.955. The van der Waals surface area contributed by atoms with Gasteiger partial charge in [0.1, 0.15) is 13.2 Å². The van der Waals surface area contributed by atoms with Gasteiger partial charge in [-0.1, -0.05) is 343 Å². The number of hydrogen-bond acceptors (Lipinski definition) is 6. The minimum absolute atomic E-state index is 0.0615. The van der Waals surface area contributed by atoms with Crippen LogP contribution < -0.4 is 0 Å². The van der Waals surface area contributed by atoms with E-state index >= 15 is 0 Å². The normalized spacial score (nSPS) is 12.4. The fourth-order valence-corrected chi connectivity index (χ4v) is 10.4. The third kappa shape index (κ3) is 59.5. The Morgan fingerprint density at radius 2 is 0.521 bits per heavy atom. The van der Waals surface area contributed by atoms with Gasteiger partial charge in [-0.05, 0) is 31.1 Å². The van der Waals surface area contributed by atoms with Crippen LogP contribution in [0, 0.1) is 11.8 Å². The first-order chi connectivity index (χ1) is 35.8. The number of carbonyl (C=O) groups is 3. The molecule has 6 nitrogen and oxygen atoms in total. The van der Waals surface area contributed by atoms with Crippen LogP contribution in [0.1, 0.15) is 381 Å². The molecule has 73 heavy (non-hydrogen) atoms. The van der Waals surface area contributed by atoms with Gasteiger partial charge in [0.25, 0.3) is 0 Å². The standard InChI is InChI=1S/C67H130O6/c1-6-8-9-10-11-12-13-14-15-16-17-21-27-32-37-42-47-52-57-65(68)71-60-64(61-72-66(69)58-53-48-43-38-33-28-24-23-26-31-36-41-46-51-56-63(5)7-2)73-67(70)59-54-49-44-39-34-29-22-19-18-20-25-30-35-40-45-50-55-62(3)4/h62-64H,6-61H2,1-5H3/t63?,64-/m1/s1. The van der Waals surface area contributed by atoms with E-state index < -0.39 is 6.10 Å². The van der Waals surface area contributed by atoms with Crippen LogP contribution in [-0.4, -0.2) is 37.2 Å². The SMILES string of the molecule is CCCCCCCCCCCCCCCCCCCCC(=O)OC[C@H](COC(=O)CCCCCCCCCCCCCCCCC(C)CC)OC(=O)CCCCCCCCCCCCCCCCCCC(C)C. The maximum Gasteiger partial charge on any atom is 0.306 e. The second-order valence-electron chi connectivity index (χ2n) is 23.8. The molecule has 6 heteroatoms. The molecule has 2 atom stereocenters. The van der Waals surface area contributed by atoms with Crippen molar-refractivity contribution in [2.24, 2.45) is 11.8 Å². The topological polar surface area (TPSA) is 78.9 Å². The highest BCUT2D eigenvalue weighted by Gasteiger charge is 2.19. The highest BCUT2D eigenvalue weighted by molar-refractivity contribution is 5.71. The van der Waals surface area contributed by atoms with Crippen molar-refractivity contribution in [2.75, 3.05) is 13.2 Å². The first-order valence-corrected chi connectivity index (χ1v) is 33.3. The van der Waals surface area contributed by atoms with Crippen molar-refractivity contribution in [1.29, 1.82) is 0 Å². The largest absolute Gasteiger partial charge is 0.462 e. The molecule has 0 aliphatic rings. The van der Waals surface area contributed by atoms with Crippen LogP contribution in [0.5, 0.6) is 0 Å². The minimum atomic E-state index is -0.764. The Morgan fingerprint density at radius 1 is 0.288 bits per heavy atom. The molecule has 0 amide bonds. The molecule has 0 saturated heterocycles. The predicted molar refractivity (Wildman–Crippen MR) is 316 cm³/mol. The molecule has 0 aromatic rings. The minimum Gasteiger partial charge on any atom is -0.462 e. The van der Waals surface area contributed by atoms with Gasteiger partial charge in [-0.25, -0.2) is 0 Å². The molecule has 1 unspecified atom stereocenters. The van der Waals surface area contributed by atoms with Crippen LogP contribution >= 0.6 is 0 Å². The van der Waals surface area contributed by atoms with Crippen molar-refractivity contribution in [3.05, 3.63) is 0 Å². The molecule has 0 spiro atoms. The van der Waals surface area contributed by atoms with Crippen molar-refractivity contribution >= 4 is 17.9 Å². The maximum atomic E-state index is 12.9. The zero-order chi connectivity index (χ0) is 53.2. The Kier molecular flexibility index (Phi) is 58.4. The quantitative estimate of drug-likeness (QED) is 0.0343. The first kappa shape index (κ1) is 71.4. The number of rotatable bonds is 61. The van der Waals surface area contributed by atoms with E-state index in [4.69, 9.17) is 14.2 Å². The fourth-order valence-electron chi connectivity index (χ4n) is 10.4. The molecule has 0 aliphatic carbocycles. The van der Waals surface area contributed by atoms with Gasteiger partial charge in [0, 0.05) is 19.3 Å². The number of ether oxygens (including phenoxy) is 3. The summed E-state index contributed by atoms with van der Waals surface area (Å²) in [5.41, 5.74) is 0. The summed E-state index contributed by atoms with van der Waals surface area (Å²) >= 11 is 0. The van der Waals surface area contributed by atoms with Crippen molar-refractivity contribution in [2.45, 2.75) is 387 Å². The third-order valence-corrected chi connectivity index (χ3v) is 15.8. The molecule has 0 radical (unpaired) electrons. The summed E-state index contributed by atoms with van der Waals surface area (Å²) in [5.74, 6) is 0.920. The average molecular weight is 1030 g/mol. The molecule has 0 aromatic carbocycles. The highest BCUT2D eigenvalue weighted by atomic mass is 16.6. The van der Waals surface area contributed by atoms with E-state index in [1.807, 2.05) is 0 Å². The van der Waals surface area contributed by atoms with Gasteiger partial charge in [-0.2, -0.15) is 0 Å². The van der Waals surface area contributed by atoms with Gasteiger partial charge < -0.3 is 14.2 Å². The molecule has 0 saturated carbocycles. The summed E-state index contributed by atoms with van der Waals surface area (Å²) in [7, 11) is 0. The Morgan fingerprint density at radius 3 is 0.781 bits per heavy atom. The number of esters is 3. The highest BCUT2D eigenvalue weighted by Crippen LogP contribution is 2.20. The average Bonchev–Trinajstić information content (AvgIpc) is 3.38. The molecule has 0 aromatic heterocycles. The Labute approximate surface area is 457 Å². The summed E-state index contributed by atoms with van der Waals surface area (Å²) < 4.78 is 17.0. The number of carbonyl (C=O) groups excluding carboxylic acids is 3. The summed E-state index contributed by atoms with van der Waals surface area (Å²) in [6.45, 7) is 11.5. The van der Waals surface area contributed by atoms with E-state index in [2.05, 4.69) is 34.6 Å². The van der Waals surface area contributed by atoms with E-state index in [9.17, 15) is 14.4 Å². The van der Waals surface area contributed by atoms with Crippen LogP contribution in [0.15, 0.2) is 0 Å². The van der Waals surface area contributed by atoms with Gasteiger partial charge >= 0.3 is 17.9 Å². The van der Waals surface area contributed by atoms with Crippen molar-refractivity contribution in [3.8, 4) is 0 Å². The van der Waals surface area contributed by atoms with E-state index in [0.29, 0.717) is 19.3 Å². The zero-order valence-electron chi connectivity index (χ0n) is 50.3. The van der Waals surface area contributed by atoms with E-state index in [1.165, 1.54) is 270 Å². The van der Waals surface area contributed by atoms with E-state index in [0.717, 1.165) is 69.6 Å². The lowest BCUT2D eigenvalue weighted by Gasteiger charge is -2.18. The summed E-state index contributed by atoms with van der Waals surface area (Å²) in [6, 6.07) is 0. The van der Waals surface area contributed by atoms with Crippen molar-refractivity contribution < 1.29 is 28.6 Å². The lowest BCUT2D eigenvalue weighted by molar-refractivity contribution is -0.167. The molecule has 0 rings (SSSR count). The van der Waals surface area contributed by atoms with E-state index in [-0.39, 0.29) is 31.1 Å². The summed E-state index contributed by atoms with van der Waals surface area (Å²) in [5, 5.41) is 0. The molecule has 0 fully saturated rings. The van der Waals surface area contributed by atoms with Crippen molar-refractivity contribution in [3.63, 3.8) is 0 Å². The molecule has 0 bridgehead atoms.